The molecule has 2 saturated heterocycles. The fraction of sp³-hybridized carbons (Fsp3) is 0.632. The lowest BCUT2D eigenvalue weighted by atomic mass is 9.99. The van der Waals surface area contributed by atoms with Gasteiger partial charge < -0.3 is 14.5 Å². The Labute approximate surface area is 139 Å². The van der Waals surface area contributed by atoms with Gasteiger partial charge >= 0.3 is 0 Å². The summed E-state index contributed by atoms with van der Waals surface area (Å²) >= 11 is 0. The Morgan fingerprint density at radius 3 is 2.30 bits per heavy atom. The Bertz CT molecular complexity index is 501. The van der Waals surface area contributed by atoms with E-state index in [0.29, 0.717) is 12.6 Å². The molecule has 4 nitrogen and oxygen atoms in total. The number of carbonyl (C=O) groups is 1. The van der Waals surface area contributed by atoms with Crippen LogP contribution in [0.25, 0.3) is 0 Å². The summed E-state index contributed by atoms with van der Waals surface area (Å²) < 4.78 is 5.11. The zero-order chi connectivity index (χ0) is 16.1. The minimum absolute atomic E-state index is 0.172. The van der Waals surface area contributed by atoms with Crippen LogP contribution >= 0.6 is 0 Å². The number of hydrogen-bond donors (Lipinski definition) is 0. The molecule has 0 aromatic heterocycles. The van der Waals surface area contributed by atoms with E-state index in [1.165, 1.54) is 32.4 Å². The van der Waals surface area contributed by atoms with Gasteiger partial charge in [-0.1, -0.05) is 18.6 Å². The van der Waals surface area contributed by atoms with E-state index in [9.17, 15) is 4.79 Å². The quantitative estimate of drug-likeness (QED) is 0.856. The molecule has 0 N–H and O–H groups in total. The number of likely N-dealkylation sites (tertiary alicyclic amines) is 2. The molecule has 23 heavy (non-hydrogen) atoms. The number of nitrogens with zero attached hydrogens (tertiary/aromatic N) is 2. The topological polar surface area (TPSA) is 32.8 Å². The lowest BCUT2D eigenvalue weighted by Gasteiger charge is -2.40. The van der Waals surface area contributed by atoms with Crippen LogP contribution in [0, 0.1) is 0 Å². The summed E-state index contributed by atoms with van der Waals surface area (Å²) in [6.45, 7) is 4.87. The van der Waals surface area contributed by atoms with Gasteiger partial charge in [0.05, 0.1) is 6.61 Å². The zero-order valence-electron chi connectivity index (χ0n) is 14.2. The van der Waals surface area contributed by atoms with Crippen molar-refractivity contribution >= 4 is 5.91 Å². The number of carbonyl (C=O) groups excluding carboxylic acids is 1. The van der Waals surface area contributed by atoms with Crippen molar-refractivity contribution in [2.45, 2.75) is 44.8 Å². The van der Waals surface area contributed by atoms with Gasteiger partial charge in [0.2, 0.25) is 0 Å². The molecular formula is C19H28N2O2. The van der Waals surface area contributed by atoms with E-state index in [1.807, 2.05) is 29.2 Å². The van der Waals surface area contributed by atoms with Crippen molar-refractivity contribution in [3.05, 3.63) is 35.4 Å². The maximum atomic E-state index is 12.6. The SMILES string of the molecule is COCc1ccc(C(=O)N2CCC(N3CCCCC3)CC2)cc1. The molecule has 2 fully saturated rings. The summed E-state index contributed by atoms with van der Waals surface area (Å²) in [6.07, 6.45) is 6.30. The average molecular weight is 316 g/mol. The van der Waals surface area contributed by atoms with Crippen LogP contribution in [-0.4, -0.2) is 55.0 Å². The van der Waals surface area contributed by atoms with Crippen LogP contribution in [0.5, 0.6) is 0 Å². The first-order valence-corrected chi connectivity index (χ1v) is 8.89. The molecule has 0 bridgehead atoms. The van der Waals surface area contributed by atoms with Crippen LogP contribution < -0.4 is 0 Å². The first-order valence-electron chi connectivity index (χ1n) is 8.89. The Hall–Kier alpha value is -1.39. The van der Waals surface area contributed by atoms with E-state index < -0.39 is 0 Å². The molecule has 2 aliphatic heterocycles. The van der Waals surface area contributed by atoms with Gasteiger partial charge in [0.15, 0.2) is 0 Å². The van der Waals surface area contributed by atoms with Gasteiger partial charge in [-0.15, -0.1) is 0 Å². The van der Waals surface area contributed by atoms with Gasteiger partial charge in [0.1, 0.15) is 0 Å². The second-order valence-electron chi connectivity index (χ2n) is 6.75. The second-order valence-corrected chi connectivity index (χ2v) is 6.75. The van der Waals surface area contributed by atoms with E-state index in [1.54, 1.807) is 7.11 Å². The molecule has 0 unspecified atom stereocenters. The summed E-state index contributed by atoms with van der Waals surface area (Å²) in [5.41, 5.74) is 1.90. The molecular weight excluding hydrogens is 288 g/mol. The van der Waals surface area contributed by atoms with Crippen molar-refractivity contribution in [1.82, 2.24) is 9.80 Å². The molecule has 2 aliphatic rings. The fourth-order valence-corrected chi connectivity index (χ4v) is 3.81. The summed E-state index contributed by atoms with van der Waals surface area (Å²) in [7, 11) is 1.69. The number of rotatable bonds is 4. The molecule has 0 atom stereocenters. The van der Waals surface area contributed by atoms with Crippen LogP contribution in [0.15, 0.2) is 24.3 Å². The second kappa shape index (κ2) is 7.93. The first kappa shape index (κ1) is 16.5. The Morgan fingerprint density at radius 1 is 1.04 bits per heavy atom. The minimum atomic E-state index is 0.172. The predicted octanol–water partition coefficient (Wildman–Crippen LogP) is 2.92. The Kier molecular flexibility index (Phi) is 5.68. The highest BCUT2D eigenvalue weighted by molar-refractivity contribution is 5.94. The van der Waals surface area contributed by atoms with E-state index >= 15 is 0 Å². The third-order valence-electron chi connectivity index (χ3n) is 5.17. The number of amides is 1. The minimum Gasteiger partial charge on any atom is -0.380 e. The summed E-state index contributed by atoms with van der Waals surface area (Å²) in [4.78, 5) is 17.3. The molecule has 0 spiro atoms. The van der Waals surface area contributed by atoms with Crippen LogP contribution in [-0.2, 0) is 11.3 Å². The van der Waals surface area contributed by atoms with Crippen molar-refractivity contribution in [2.75, 3.05) is 33.3 Å². The van der Waals surface area contributed by atoms with Gasteiger partial charge in [0.25, 0.3) is 5.91 Å². The van der Waals surface area contributed by atoms with Crippen molar-refractivity contribution < 1.29 is 9.53 Å². The number of piperidine rings is 2. The lowest BCUT2D eigenvalue weighted by molar-refractivity contribution is 0.0590. The molecule has 0 aliphatic carbocycles. The average Bonchev–Trinajstić information content (AvgIpc) is 2.63. The first-order chi connectivity index (χ1) is 11.3. The molecule has 1 aromatic rings. The normalized spacial score (nSPS) is 20.7. The maximum absolute atomic E-state index is 12.6. The molecule has 3 rings (SSSR count). The Morgan fingerprint density at radius 2 is 1.70 bits per heavy atom. The molecule has 4 heteroatoms. The molecule has 0 saturated carbocycles. The highest BCUT2D eigenvalue weighted by Gasteiger charge is 2.27. The van der Waals surface area contributed by atoms with Crippen molar-refractivity contribution in [2.24, 2.45) is 0 Å². The van der Waals surface area contributed by atoms with Gasteiger partial charge in [-0.3, -0.25) is 4.79 Å². The molecule has 0 radical (unpaired) electrons. The third-order valence-corrected chi connectivity index (χ3v) is 5.17. The third kappa shape index (κ3) is 4.12. The smallest absolute Gasteiger partial charge is 0.253 e. The largest absolute Gasteiger partial charge is 0.380 e. The van der Waals surface area contributed by atoms with Crippen molar-refractivity contribution in [3.63, 3.8) is 0 Å². The predicted molar refractivity (Wildman–Crippen MR) is 91.5 cm³/mol. The van der Waals surface area contributed by atoms with Crippen molar-refractivity contribution in [3.8, 4) is 0 Å². The molecule has 126 valence electrons. The lowest BCUT2D eigenvalue weighted by Crippen LogP contribution is -2.48. The number of hydrogen-bond acceptors (Lipinski definition) is 3. The Balaban J connectivity index is 1.53. The van der Waals surface area contributed by atoms with Gasteiger partial charge in [-0.05, 0) is 56.5 Å². The summed E-state index contributed by atoms with van der Waals surface area (Å²) in [5.74, 6) is 0.172. The van der Waals surface area contributed by atoms with E-state index in [-0.39, 0.29) is 5.91 Å². The van der Waals surface area contributed by atoms with Gasteiger partial charge in [-0.25, -0.2) is 0 Å². The van der Waals surface area contributed by atoms with Crippen LogP contribution in [0.1, 0.15) is 48.0 Å². The molecule has 2 heterocycles. The highest BCUT2D eigenvalue weighted by atomic mass is 16.5. The number of methoxy groups -OCH3 is 1. The van der Waals surface area contributed by atoms with E-state index in [4.69, 9.17) is 4.74 Å². The molecule has 1 aromatic carbocycles. The highest BCUT2D eigenvalue weighted by Crippen LogP contribution is 2.22. The van der Waals surface area contributed by atoms with Gasteiger partial charge in [0, 0.05) is 31.8 Å². The van der Waals surface area contributed by atoms with Crippen LogP contribution in [0.4, 0.5) is 0 Å². The zero-order valence-corrected chi connectivity index (χ0v) is 14.2. The van der Waals surface area contributed by atoms with Crippen LogP contribution in [0.3, 0.4) is 0 Å². The monoisotopic (exact) mass is 316 g/mol. The molecule has 1 amide bonds. The van der Waals surface area contributed by atoms with Crippen molar-refractivity contribution in [1.29, 1.82) is 0 Å². The van der Waals surface area contributed by atoms with E-state index in [2.05, 4.69) is 4.90 Å². The fourth-order valence-electron chi connectivity index (χ4n) is 3.81. The van der Waals surface area contributed by atoms with Crippen LogP contribution in [0.2, 0.25) is 0 Å². The maximum Gasteiger partial charge on any atom is 0.253 e. The number of benzene rings is 1. The van der Waals surface area contributed by atoms with E-state index in [0.717, 1.165) is 37.1 Å². The standard InChI is InChI=1S/C19H28N2O2/c1-23-15-16-5-7-17(8-6-16)19(22)21-13-9-18(10-14-21)20-11-3-2-4-12-20/h5-8,18H,2-4,9-15H2,1H3. The van der Waals surface area contributed by atoms with Gasteiger partial charge in [-0.2, -0.15) is 0 Å². The number of ether oxygens (including phenoxy) is 1. The summed E-state index contributed by atoms with van der Waals surface area (Å²) in [6, 6.07) is 8.50. The summed E-state index contributed by atoms with van der Waals surface area (Å²) in [5, 5.41) is 0.